The van der Waals surface area contributed by atoms with Gasteiger partial charge in [0.2, 0.25) is 5.88 Å². The van der Waals surface area contributed by atoms with Crippen molar-refractivity contribution in [1.82, 2.24) is 29.4 Å². The van der Waals surface area contributed by atoms with Crippen LogP contribution < -0.4 is 10.1 Å². The molecule has 0 amide bonds. The van der Waals surface area contributed by atoms with Crippen LogP contribution in [0, 0.1) is 6.92 Å². The molecule has 0 aliphatic carbocycles. The first-order chi connectivity index (χ1) is 16.0. The Hall–Kier alpha value is -2.98. The first-order valence-electron chi connectivity index (χ1n) is 11.3. The highest BCUT2D eigenvalue weighted by Crippen LogP contribution is 2.34. The number of piperidine rings is 1. The van der Waals surface area contributed by atoms with Crippen LogP contribution in [0.1, 0.15) is 24.0 Å². The van der Waals surface area contributed by atoms with E-state index in [1.54, 1.807) is 24.2 Å². The van der Waals surface area contributed by atoms with Crippen LogP contribution in [0.3, 0.4) is 0 Å². The number of fused-ring (bicyclic) bond motifs is 1. The minimum absolute atomic E-state index is 0.257. The Balaban J connectivity index is 1.48. The number of likely N-dealkylation sites (tertiary alicyclic amines) is 1. The lowest BCUT2D eigenvalue weighted by atomic mass is 9.93. The van der Waals surface area contributed by atoms with Gasteiger partial charge in [-0.05, 0) is 32.9 Å². The molecule has 0 unspecified atom stereocenters. The van der Waals surface area contributed by atoms with Crippen molar-refractivity contribution in [2.24, 2.45) is 0 Å². The van der Waals surface area contributed by atoms with Gasteiger partial charge < -0.3 is 19.7 Å². The van der Waals surface area contributed by atoms with Gasteiger partial charge >= 0.3 is 0 Å². The molecule has 0 atom stereocenters. The smallest absolute Gasteiger partial charge is 0.216 e. The lowest BCUT2D eigenvalue weighted by Gasteiger charge is -2.34. The summed E-state index contributed by atoms with van der Waals surface area (Å²) in [6.45, 7) is 4.74. The van der Waals surface area contributed by atoms with E-state index in [1.165, 1.54) is 0 Å². The summed E-state index contributed by atoms with van der Waals surface area (Å²) >= 11 is 0. The third-order valence-corrected chi connectivity index (χ3v) is 6.51. The summed E-state index contributed by atoms with van der Waals surface area (Å²) in [5.74, 6) is 1.46. The third-order valence-electron chi connectivity index (χ3n) is 6.51. The Morgan fingerprint density at radius 2 is 2.09 bits per heavy atom. The van der Waals surface area contributed by atoms with Gasteiger partial charge in [0.25, 0.3) is 0 Å². The van der Waals surface area contributed by atoms with Crippen molar-refractivity contribution < 1.29 is 13.9 Å². The monoisotopic (exact) mass is 455 g/mol. The number of hydrogen-bond acceptors (Lipinski definition) is 7. The first-order valence-corrected chi connectivity index (χ1v) is 11.3. The van der Waals surface area contributed by atoms with Crippen molar-refractivity contribution in [2.45, 2.75) is 38.4 Å². The molecule has 0 bridgehead atoms. The minimum atomic E-state index is -1.23. The van der Waals surface area contributed by atoms with E-state index in [0.29, 0.717) is 38.5 Å². The number of pyridine rings is 1. The number of aromatic nitrogens is 5. The van der Waals surface area contributed by atoms with Crippen molar-refractivity contribution in [3.63, 3.8) is 0 Å². The number of nitrogens with one attached hydrogen (secondary N) is 1. The van der Waals surface area contributed by atoms with Crippen molar-refractivity contribution in [3.05, 3.63) is 35.8 Å². The lowest BCUT2D eigenvalue weighted by Crippen LogP contribution is -2.42. The molecule has 2 aliphatic rings. The Labute approximate surface area is 192 Å². The maximum Gasteiger partial charge on any atom is 0.216 e. The largest absolute Gasteiger partial charge is 0.481 e. The number of halogens is 1. The zero-order chi connectivity index (χ0) is 23.0. The standard InChI is InChI=1S/C23H30FN7O2/c1-16-10-18(12-25-22(16)32-3)31-21-19(4-9-33-15-26-21)20(28-31)17-11-27-30(13-17)14-23(24)5-7-29(2)8-6-23/h10-13,26H,4-9,14-15H2,1-3H3. The zero-order valence-corrected chi connectivity index (χ0v) is 19.3. The van der Waals surface area contributed by atoms with E-state index < -0.39 is 5.67 Å². The van der Waals surface area contributed by atoms with Gasteiger partial charge in [-0.3, -0.25) is 4.68 Å². The highest BCUT2D eigenvalue weighted by atomic mass is 19.1. The highest BCUT2D eigenvalue weighted by molar-refractivity contribution is 5.70. The van der Waals surface area contributed by atoms with Crippen LogP contribution in [0.2, 0.25) is 0 Å². The molecule has 1 N–H and O–H groups in total. The topological polar surface area (TPSA) is 82.3 Å². The van der Waals surface area contributed by atoms with E-state index in [2.05, 4.69) is 20.3 Å². The van der Waals surface area contributed by atoms with Crippen LogP contribution in [0.5, 0.6) is 5.88 Å². The van der Waals surface area contributed by atoms with E-state index in [0.717, 1.165) is 47.0 Å². The van der Waals surface area contributed by atoms with Crippen LogP contribution >= 0.6 is 0 Å². The molecule has 5 heterocycles. The number of ether oxygens (including phenoxy) is 2. The van der Waals surface area contributed by atoms with E-state index in [9.17, 15) is 0 Å². The summed E-state index contributed by atoms with van der Waals surface area (Å²) in [5, 5.41) is 12.7. The molecule has 1 fully saturated rings. The molecular weight excluding hydrogens is 425 g/mol. The Morgan fingerprint density at radius 3 is 2.85 bits per heavy atom. The second kappa shape index (κ2) is 8.75. The van der Waals surface area contributed by atoms with Gasteiger partial charge in [0.15, 0.2) is 0 Å². The summed E-state index contributed by atoms with van der Waals surface area (Å²) < 4.78 is 29.9. The van der Waals surface area contributed by atoms with Gasteiger partial charge in [-0.1, -0.05) is 0 Å². The van der Waals surface area contributed by atoms with Crippen LogP contribution in [-0.4, -0.2) is 75.7 Å². The number of methoxy groups -OCH3 is 1. The number of hydrogen-bond donors (Lipinski definition) is 1. The summed E-state index contributed by atoms with van der Waals surface area (Å²) in [7, 11) is 3.64. The van der Waals surface area contributed by atoms with Crippen molar-refractivity contribution >= 4 is 5.82 Å². The average Bonchev–Trinajstić information content (AvgIpc) is 3.32. The van der Waals surface area contributed by atoms with Gasteiger partial charge in [0, 0.05) is 42.4 Å². The summed E-state index contributed by atoms with van der Waals surface area (Å²) in [6.07, 6.45) is 7.17. The van der Waals surface area contributed by atoms with Crippen LogP contribution in [0.15, 0.2) is 24.7 Å². The number of rotatable bonds is 5. The number of alkyl halides is 1. The SMILES string of the molecule is COc1ncc(-n2nc(-c3cnn(CC4(F)CCN(C)CC4)c3)c3c2NCOCC3)cc1C. The molecule has 33 heavy (non-hydrogen) atoms. The minimum Gasteiger partial charge on any atom is -0.481 e. The van der Waals surface area contributed by atoms with Crippen molar-refractivity contribution in [2.75, 3.05) is 45.9 Å². The van der Waals surface area contributed by atoms with E-state index in [4.69, 9.17) is 14.6 Å². The fourth-order valence-corrected chi connectivity index (χ4v) is 4.57. The molecule has 176 valence electrons. The Bertz CT molecular complexity index is 1130. The second-order valence-electron chi connectivity index (χ2n) is 8.97. The lowest BCUT2D eigenvalue weighted by molar-refractivity contribution is 0.0499. The summed E-state index contributed by atoms with van der Waals surface area (Å²) in [4.78, 5) is 6.57. The zero-order valence-electron chi connectivity index (χ0n) is 19.3. The summed E-state index contributed by atoms with van der Waals surface area (Å²) in [5.41, 5.74) is 3.25. The molecule has 10 heteroatoms. The van der Waals surface area contributed by atoms with Gasteiger partial charge in [0.1, 0.15) is 23.9 Å². The Morgan fingerprint density at radius 1 is 1.27 bits per heavy atom. The molecule has 3 aromatic rings. The van der Waals surface area contributed by atoms with E-state index >= 15 is 4.39 Å². The predicted molar refractivity (Wildman–Crippen MR) is 123 cm³/mol. The molecule has 0 spiro atoms. The molecule has 0 aromatic carbocycles. The van der Waals surface area contributed by atoms with Crippen molar-refractivity contribution in [1.29, 1.82) is 0 Å². The van der Waals surface area contributed by atoms with Crippen molar-refractivity contribution in [3.8, 4) is 22.8 Å². The maximum atomic E-state index is 15.3. The number of nitrogens with zero attached hydrogens (tertiary/aromatic N) is 6. The fourth-order valence-electron chi connectivity index (χ4n) is 4.57. The fraction of sp³-hybridized carbons (Fsp3) is 0.522. The average molecular weight is 456 g/mol. The van der Waals surface area contributed by atoms with Crippen LogP contribution in [0.25, 0.3) is 16.9 Å². The van der Waals surface area contributed by atoms with E-state index in [-0.39, 0.29) is 6.54 Å². The van der Waals surface area contributed by atoms with Gasteiger partial charge in [-0.25, -0.2) is 14.1 Å². The Kier molecular flexibility index (Phi) is 5.79. The third kappa shape index (κ3) is 4.32. The molecule has 3 aromatic heterocycles. The molecule has 5 rings (SSSR count). The first kappa shape index (κ1) is 21.8. The normalized spacial score (nSPS) is 18.4. The quantitative estimate of drug-likeness (QED) is 0.634. The van der Waals surface area contributed by atoms with Crippen LogP contribution in [0.4, 0.5) is 10.2 Å². The van der Waals surface area contributed by atoms with Gasteiger partial charge in [-0.15, -0.1) is 0 Å². The molecule has 2 aliphatic heterocycles. The van der Waals surface area contributed by atoms with Gasteiger partial charge in [0.05, 0.1) is 38.3 Å². The molecule has 0 saturated carbocycles. The van der Waals surface area contributed by atoms with Crippen LogP contribution in [-0.2, 0) is 17.7 Å². The molecule has 0 radical (unpaired) electrons. The molecule has 9 nitrogen and oxygen atoms in total. The number of anilines is 1. The predicted octanol–water partition coefficient (Wildman–Crippen LogP) is 2.82. The maximum absolute atomic E-state index is 15.3. The molecular formula is C23H30FN7O2. The molecule has 1 saturated heterocycles. The van der Waals surface area contributed by atoms with Gasteiger partial charge in [-0.2, -0.15) is 10.2 Å². The van der Waals surface area contributed by atoms with E-state index in [1.807, 2.05) is 30.9 Å². The summed E-state index contributed by atoms with van der Waals surface area (Å²) in [6, 6.07) is 1.99. The highest BCUT2D eigenvalue weighted by Gasteiger charge is 2.34. The second-order valence-corrected chi connectivity index (χ2v) is 8.97. The number of aryl methyl sites for hydroxylation is 1.